The number of fused-ring (bicyclic) bond motifs is 1. The average Bonchev–Trinajstić information content (AvgIpc) is 2.77. The standard InChI is InChI=1S/C23H24N6O2/c1-26-10-16(9-24)14-3-5-15(6-4-14)19-11-27-22(25)18-7-8-20(28-21(18)19)23(30)29-12-17(13-29)31-2/h3-11,17,24,26H,12-13H2,1-2H3,(H2,25,27)/b16-10+,24-9?. The van der Waals surface area contributed by atoms with Crippen LogP contribution in [0.2, 0.25) is 0 Å². The Kier molecular flexibility index (Phi) is 5.64. The van der Waals surface area contributed by atoms with Gasteiger partial charge in [0.05, 0.1) is 11.6 Å². The van der Waals surface area contributed by atoms with Crippen molar-refractivity contribution in [3.05, 3.63) is 60.1 Å². The molecule has 8 nitrogen and oxygen atoms in total. The lowest BCUT2D eigenvalue weighted by Gasteiger charge is -2.37. The number of likely N-dealkylation sites (tertiary alicyclic amines) is 1. The number of carbonyl (C=O) groups excluding carboxylic acids is 1. The van der Waals surface area contributed by atoms with Crippen LogP contribution in [0.4, 0.5) is 5.82 Å². The number of nitrogens with one attached hydrogen (secondary N) is 2. The summed E-state index contributed by atoms with van der Waals surface area (Å²) >= 11 is 0. The highest BCUT2D eigenvalue weighted by molar-refractivity contribution is 6.08. The molecule has 158 valence electrons. The molecule has 0 saturated carbocycles. The molecule has 3 aromatic rings. The lowest BCUT2D eigenvalue weighted by atomic mass is 10.00. The number of anilines is 1. The summed E-state index contributed by atoms with van der Waals surface area (Å²) in [5, 5.41) is 11.2. The van der Waals surface area contributed by atoms with E-state index in [2.05, 4.69) is 15.3 Å². The minimum atomic E-state index is -0.125. The number of nitrogens with zero attached hydrogens (tertiary/aromatic N) is 3. The molecule has 0 bridgehead atoms. The Balaban J connectivity index is 1.72. The topological polar surface area (TPSA) is 117 Å². The molecule has 1 saturated heterocycles. The van der Waals surface area contributed by atoms with Gasteiger partial charge in [0.25, 0.3) is 5.91 Å². The number of nitrogens with two attached hydrogens (primary N) is 1. The van der Waals surface area contributed by atoms with E-state index in [4.69, 9.17) is 15.9 Å². The number of nitrogen functional groups attached to an aromatic ring is 1. The van der Waals surface area contributed by atoms with Gasteiger partial charge in [0.1, 0.15) is 11.5 Å². The first kappa shape index (κ1) is 20.5. The second kappa shape index (κ2) is 8.53. The van der Waals surface area contributed by atoms with Crippen LogP contribution in [0.1, 0.15) is 16.1 Å². The molecular formula is C23H24N6O2. The van der Waals surface area contributed by atoms with Crippen molar-refractivity contribution >= 4 is 34.4 Å². The van der Waals surface area contributed by atoms with E-state index in [0.29, 0.717) is 35.5 Å². The van der Waals surface area contributed by atoms with Gasteiger partial charge in [-0.2, -0.15) is 0 Å². The van der Waals surface area contributed by atoms with E-state index >= 15 is 0 Å². The molecule has 1 fully saturated rings. The normalized spacial score (nSPS) is 14.4. The maximum absolute atomic E-state index is 12.8. The fraction of sp³-hybridized carbons (Fsp3) is 0.217. The molecular weight excluding hydrogens is 392 g/mol. The number of allylic oxidation sites excluding steroid dienone is 1. The highest BCUT2D eigenvalue weighted by Gasteiger charge is 2.31. The summed E-state index contributed by atoms with van der Waals surface area (Å²) in [6.07, 6.45) is 4.83. The van der Waals surface area contributed by atoms with E-state index in [1.165, 1.54) is 6.21 Å². The van der Waals surface area contributed by atoms with Crippen LogP contribution in [0.25, 0.3) is 27.6 Å². The monoisotopic (exact) mass is 416 g/mol. The zero-order chi connectivity index (χ0) is 22.0. The second-order valence-electron chi connectivity index (χ2n) is 7.33. The summed E-state index contributed by atoms with van der Waals surface area (Å²) < 4.78 is 5.25. The number of aromatic nitrogens is 2. The third kappa shape index (κ3) is 3.85. The predicted molar refractivity (Wildman–Crippen MR) is 122 cm³/mol. The first-order valence-corrected chi connectivity index (χ1v) is 9.91. The summed E-state index contributed by atoms with van der Waals surface area (Å²) in [5.41, 5.74) is 10.4. The Hall–Kier alpha value is -3.78. The van der Waals surface area contributed by atoms with E-state index in [-0.39, 0.29) is 12.0 Å². The van der Waals surface area contributed by atoms with Gasteiger partial charge in [-0.1, -0.05) is 24.3 Å². The molecule has 2 aromatic heterocycles. The number of methoxy groups -OCH3 is 1. The van der Waals surface area contributed by atoms with Crippen molar-refractivity contribution in [3.8, 4) is 11.1 Å². The minimum Gasteiger partial charge on any atom is -0.393 e. The van der Waals surface area contributed by atoms with Crippen molar-refractivity contribution in [2.75, 3.05) is 33.0 Å². The average molecular weight is 416 g/mol. The van der Waals surface area contributed by atoms with Gasteiger partial charge in [0.15, 0.2) is 0 Å². The molecule has 0 atom stereocenters. The Labute approximate surface area is 180 Å². The van der Waals surface area contributed by atoms with E-state index in [1.807, 2.05) is 24.3 Å². The van der Waals surface area contributed by atoms with Crippen LogP contribution in [-0.2, 0) is 4.74 Å². The molecule has 31 heavy (non-hydrogen) atoms. The third-order valence-corrected chi connectivity index (χ3v) is 5.43. The van der Waals surface area contributed by atoms with Crippen LogP contribution < -0.4 is 11.1 Å². The fourth-order valence-corrected chi connectivity index (χ4v) is 3.59. The van der Waals surface area contributed by atoms with Crippen LogP contribution in [0.15, 0.2) is 48.8 Å². The summed E-state index contributed by atoms with van der Waals surface area (Å²) in [4.78, 5) is 23.5. The maximum atomic E-state index is 12.8. The highest BCUT2D eigenvalue weighted by atomic mass is 16.5. The Morgan fingerprint density at radius 1 is 1.26 bits per heavy atom. The molecule has 0 radical (unpaired) electrons. The molecule has 1 aliphatic heterocycles. The molecule has 3 heterocycles. The lowest BCUT2D eigenvalue weighted by molar-refractivity contribution is -0.0194. The van der Waals surface area contributed by atoms with Gasteiger partial charge in [0.2, 0.25) is 0 Å². The van der Waals surface area contributed by atoms with Gasteiger partial charge >= 0.3 is 0 Å². The zero-order valence-electron chi connectivity index (χ0n) is 17.4. The fourth-order valence-electron chi connectivity index (χ4n) is 3.59. The molecule has 1 amide bonds. The van der Waals surface area contributed by atoms with Crippen LogP contribution in [0.5, 0.6) is 0 Å². The second-order valence-corrected chi connectivity index (χ2v) is 7.33. The van der Waals surface area contributed by atoms with Crippen molar-refractivity contribution in [2.24, 2.45) is 0 Å². The van der Waals surface area contributed by atoms with Crippen LogP contribution >= 0.6 is 0 Å². The van der Waals surface area contributed by atoms with Crippen LogP contribution in [-0.4, -0.2) is 60.3 Å². The third-order valence-electron chi connectivity index (χ3n) is 5.43. The number of rotatable bonds is 6. The van der Waals surface area contributed by atoms with Crippen molar-refractivity contribution in [1.29, 1.82) is 5.41 Å². The SMILES string of the molecule is CN/C=C(\C=N)c1ccc(-c2cnc(N)c3ccc(C(=O)N4CC(OC)C4)nc23)cc1. The predicted octanol–water partition coefficient (Wildman–Crippen LogP) is 2.56. The van der Waals surface area contributed by atoms with Gasteiger partial charge in [-0.05, 0) is 23.3 Å². The van der Waals surface area contributed by atoms with E-state index in [0.717, 1.165) is 22.3 Å². The van der Waals surface area contributed by atoms with Gasteiger partial charge in [-0.25, -0.2) is 9.97 Å². The van der Waals surface area contributed by atoms with Gasteiger partial charge in [-0.3, -0.25) is 4.79 Å². The zero-order valence-corrected chi connectivity index (χ0v) is 17.4. The van der Waals surface area contributed by atoms with Crippen LogP contribution in [0, 0.1) is 5.41 Å². The van der Waals surface area contributed by atoms with E-state index in [9.17, 15) is 4.79 Å². The lowest BCUT2D eigenvalue weighted by Crippen LogP contribution is -2.54. The molecule has 0 aliphatic carbocycles. The first-order valence-electron chi connectivity index (χ1n) is 9.91. The van der Waals surface area contributed by atoms with Gasteiger partial charge in [0, 0.05) is 62.4 Å². The number of hydrogen-bond donors (Lipinski definition) is 3. The number of amides is 1. The van der Waals surface area contributed by atoms with Gasteiger partial charge < -0.3 is 26.1 Å². The van der Waals surface area contributed by atoms with Crippen LogP contribution in [0.3, 0.4) is 0 Å². The Morgan fingerprint density at radius 2 is 2.00 bits per heavy atom. The number of benzene rings is 1. The Morgan fingerprint density at radius 3 is 2.65 bits per heavy atom. The van der Waals surface area contributed by atoms with E-state index < -0.39 is 0 Å². The molecule has 8 heteroatoms. The molecule has 4 rings (SSSR count). The summed E-state index contributed by atoms with van der Waals surface area (Å²) in [6.45, 7) is 1.13. The van der Waals surface area contributed by atoms with Crippen molar-refractivity contribution in [1.82, 2.24) is 20.2 Å². The molecule has 1 aliphatic rings. The number of pyridine rings is 2. The molecule has 4 N–H and O–H groups in total. The minimum absolute atomic E-state index is 0.0844. The first-order chi connectivity index (χ1) is 15.0. The largest absolute Gasteiger partial charge is 0.393 e. The number of carbonyl (C=O) groups is 1. The van der Waals surface area contributed by atoms with Crippen molar-refractivity contribution in [2.45, 2.75) is 6.10 Å². The van der Waals surface area contributed by atoms with E-state index in [1.54, 1.807) is 43.6 Å². The smallest absolute Gasteiger partial charge is 0.272 e. The van der Waals surface area contributed by atoms with Gasteiger partial charge in [-0.15, -0.1) is 0 Å². The quantitative estimate of drug-likeness (QED) is 0.532. The molecule has 0 spiro atoms. The number of ether oxygens (including phenoxy) is 1. The summed E-state index contributed by atoms with van der Waals surface area (Å²) in [7, 11) is 3.44. The summed E-state index contributed by atoms with van der Waals surface area (Å²) in [5.74, 6) is 0.244. The highest BCUT2D eigenvalue weighted by Crippen LogP contribution is 2.30. The van der Waals surface area contributed by atoms with Crippen molar-refractivity contribution < 1.29 is 9.53 Å². The Bertz CT molecular complexity index is 1170. The number of hydrogen-bond acceptors (Lipinski definition) is 7. The maximum Gasteiger partial charge on any atom is 0.272 e. The summed E-state index contributed by atoms with van der Waals surface area (Å²) in [6, 6.07) is 11.3. The molecule has 1 aromatic carbocycles. The molecule has 0 unspecified atom stereocenters. The van der Waals surface area contributed by atoms with Crippen molar-refractivity contribution in [3.63, 3.8) is 0 Å².